The first kappa shape index (κ1) is 15.7. The molecule has 1 nitrogen and oxygen atoms in total. The molecule has 0 aromatic heterocycles. The molecule has 3 aliphatic rings. The Hall–Kier alpha value is -1.78. The molecule has 5 rings (SSSR count). The van der Waals surface area contributed by atoms with E-state index in [2.05, 4.69) is 37.3 Å². The van der Waals surface area contributed by atoms with Gasteiger partial charge in [0.05, 0.1) is 10.6 Å². The molecular weight excluding hydrogens is 314 g/mol. The molecule has 2 heteroatoms. The van der Waals surface area contributed by atoms with Crippen molar-refractivity contribution in [1.82, 2.24) is 0 Å². The number of nitrogens with zero attached hydrogens (tertiary/aromatic N) is 1. The van der Waals surface area contributed by atoms with E-state index in [4.69, 9.17) is 16.9 Å². The Morgan fingerprint density at radius 3 is 2.25 bits per heavy atom. The number of hydrogen-bond acceptors (Lipinski definition) is 1. The van der Waals surface area contributed by atoms with Crippen LogP contribution in [0.3, 0.4) is 0 Å². The number of benzene rings is 2. The molecule has 2 aromatic rings. The Morgan fingerprint density at radius 1 is 0.958 bits per heavy atom. The lowest BCUT2D eigenvalue weighted by Gasteiger charge is -2.53. The van der Waals surface area contributed by atoms with E-state index < -0.39 is 0 Å². The van der Waals surface area contributed by atoms with Crippen molar-refractivity contribution in [3.63, 3.8) is 0 Å². The highest BCUT2D eigenvalue weighted by molar-refractivity contribution is 6.32. The van der Waals surface area contributed by atoms with Crippen LogP contribution in [-0.2, 0) is 5.41 Å². The van der Waals surface area contributed by atoms with Gasteiger partial charge in [0.2, 0.25) is 0 Å². The van der Waals surface area contributed by atoms with Crippen molar-refractivity contribution in [2.24, 2.45) is 5.41 Å². The van der Waals surface area contributed by atoms with E-state index in [0.717, 1.165) is 5.56 Å². The van der Waals surface area contributed by atoms with Crippen LogP contribution in [0.1, 0.15) is 56.6 Å². The molecule has 122 valence electrons. The third-order valence-corrected chi connectivity index (χ3v) is 6.83. The molecular formula is C22H22ClN. The molecule has 0 aliphatic heterocycles. The SMILES string of the molecule is CC12CCC(c3ccccc3-c3ccc(C#N)c(Cl)c3)(CC1)CC2. The lowest BCUT2D eigenvalue weighted by molar-refractivity contribution is 0.0559. The van der Waals surface area contributed by atoms with Crippen molar-refractivity contribution in [2.45, 2.75) is 50.9 Å². The van der Waals surface area contributed by atoms with Crippen molar-refractivity contribution in [2.75, 3.05) is 0 Å². The first-order chi connectivity index (χ1) is 11.6. The third-order valence-electron chi connectivity index (χ3n) is 6.52. The maximum absolute atomic E-state index is 9.11. The first-order valence-electron chi connectivity index (χ1n) is 8.85. The molecule has 3 aliphatic carbocycles. The van der Waals surface area contributed by atoms with Gasteiger partial charge in [-0.05, 0) is 78.2 Å². The Kier molecular flexibility index (Phi) is 3.70. The second-order valence-electron chi connectivity index (χ2n) is 7.94. The van der Waals surface area contributed by atoms with Gasteiger partial charge in [-0.1, -0.05) is 48.9 Å². The van der Waals surface area contributed by atoms with Crippen LogP contribution in [0.25, 0.3) is 11.1 Å². The molecule has 2 aromatic carbocycles. The third kappa shape index (κ3) is 2.45. The molecule has 0 spiro atoms. The highest BCUT2D eigenvalue weighted by atomic mass is 35.5. The van der Waals surface area contributed by atoms with Crippen LogP contribution in [0.2, 0.25) is 5.02 Å². The normalized spacial score (nSPS) is 28.5. The predicted octanol–water partition coefficient (Wildman–Crippen LogP) is 6.49. The minimum absolute atomic E-state index is 0.328. The molecule has 3 fully saturated rings. The topological polar surface area (TPSA) is 23.8 Å². The zero-order chi connectivity index (χ0) is 16.8. The average Bonchev–Trinajstić information content (AvgIpc) is 2.63. The molecule has 0 unspecified atom stereocenters. The number of rotatable bonds is 2. The van der Waals surface area contributed by atoms with Crippen LogP contribution < -0.4 is 0 Å². The van der Waals surface area contributed by atoms with E-state index in [9.17, 15) is 0 Å². The monoisotopic (exact) mass is 335 g/mol. The predicted molar refractivity (Wildman–Crippen MR) is 99.1 cm³/mol. The lowest BCUT2D eigenvalue weighted by atomic mass is 9.52. The van der Waals surface area contributed by atoms with Crippen LogP contribution in [0.15, 0.2) is 42.5 Å². The summed E-state index contributed by atoms with van der Waals surface area (Å²) in [7, 11) is 0. The molecule has 0 heterocycles. The molecule has 0 radical (unpaired) electrons. The number of hydrogen-bond donors (Lipinski definition) is 0. The zero-order valence-corrected chi connectivity index (χ0v) is 14.9. The van der Waals surface area contributed by atoms with Crippen LogP contribution in [0.5, 0.6) is 0 Å². The van der Waals surface area contributed by atoms with Crippen molar-refractivity contribution in [1.29, 1.82) is 5.26 Å². The fourth-order valence-corrected chi connectivity index (χ4v) is 4.97. The Morgan fingerprint density at radius 2 is 1.62 bits per heavy atom. The molecule has 0 saturated heterocycles. The van der Waals surface area contributed by atoms with Gasteiger partial charge in [-0.15, -0.1) is 0 Å². The van der Waals surface area contributed by atoms with Gasteiger partial charge in [0.1, 0.15) is 6.07 Å². The average molecular weight is 336 g/mol. The summed E-state index contributed by atoms with van der Waals surface area (Å²) in [4.78, 5) is 0. The fourth-order valence-electron chi connectivity index (χ4n) is 4.75. The Labute approximate surface area is 149 Å². The minimum atomic E-state index is 0.328. The summed E-state index contributed by atoms with van der Waals surface area (Å²) >= 11 is 6.29. The molecule has 24 heavy (non-hydrogen) atoms. The summed E-state index contributed by atoms with van der Waals surface area (Å²) in [6.45, 7) is 2.46. The summed E-state index contributed by atoms with van der Waals surface area (Å²) in [6, 6.07) is 16.8. The van der Waals surface area contributed by atoms with E-state index in [1.54, 1.807) is 0 Å². The van der Waals surface area contributed by atoms with E-state index >= 15 is 0 Å². The van der Waals surface area contributed by atoms with Crippen molar-refractivity contribution in [3.05, 3.63) is 58.6 Å². The quantitative estimate of drug-likeness (QED) is 0.615. The minimum Gasteiger partial charge on any atom is -0.192 e. The largest absolute Gasteiger partial charge is 0.192 e. The summed E-state index contributed by atoms with van der Waals surface area (Å²) in [5.74, 6) is 0. The van der Waals surface area contributed by atoms with Crippen molar-refractivity contribution >= 4 is 11.6 Å². The number of nitriles is 1. The number of halogens is 1. The molecule has 3 saturated carbocycles. The van der Waals surface area contributed by atoms with Gasteiger partial charge < -0.3 is 0 Å². The molecule has 0 atom stereocenters. The van der Waals surface area contributed by atoms with Crippen molar-refractivity contribution in [3.8, 4) is 17.2 Å². The summed E-state index contributed by atoms with van der Waals surface area (Å²) < 4.78 is 0. The maximum Gasteiger partial charge on any atom is 0.101 e. The summed E-state index contributed by atoms with van der Waals surface area (Å²) in [5.41, 5.74) is 5.34. The number of fused-ring (bicyclic) bond motifs is 3. The zero-order valence-electron chi connectivity index (χ0n) is 14.1. The second kappa shape index (κ2) is 5.64. The smallest absolute Gasteiger partial charge is 0.101 e. The standard InChI is InChI=1S/C22H22ClN/c1-21-8-11-22(12-9-21,13-10-21)19-5-3-2-4-18(19)16-6-7-17(15-24)20(23)14-16/h2-7,14H,8-13H2,1H3. The molecule has 2 bridgehead atoms. The highest BCUT2D eigenvalue weighted by Crippen LogP contribution is 2.58. The van der Waals surface area contributed by atoms with E-state index in [-0.39, 0.29) is 0 Å². The van der Waals surface area contributed by atoms with Gasteiger partial charge in [-0.2, -0.15) is 5.26 Å². The maximum atomic E-state index is 9.11. The summed E-state index contributed by atoms with van der Waals surface area (Å²) in [5, 5.41) is 9.66. The Bertz CT molecular complexity index is 806. The van der Waals surface area contributed by atoms with Crippen molar-refractivity contribution < 1.29 is 0 Å². The van der Waals surface area contributed by atoms with Crippen LogP contribution in [-0.4, -0.2) is 0 Å². The lowest BCUT2D eigenvalue weighted by Crippen LogP contribution is -2.42. The van der Waals surface area contributed by atoms with Crippen LogP contribution in [0.4, 0.5) is 0 Å². The van der Waals surface area contributed by atoms with Gasteiger partial charge in [0, 0.05) is 0 Å². The second-order valence-corrected chi connectivity index (χ2v) is 8.35. The van der Waals surface area contributed by atoms with Gasteiger partial charge >= 0.3 is 0 Å². The van der Waals surface area contributed by atoms with Gasteiger partial charge in [-0.25, -0.2) is 0 Å². The highest BCUT2D eigenvalue weighted by Gasteiger charge is 2.47. The van der Waals surface area contributed by atoms with E-state index in [1.807, 2.05) is 18.2 Å². The van der Waals surface area contributed by atoms with Crippen LogP contribution in [0, 0.1) is 16.7 Å². The molecule has 0 N–H and O–H groups in total. The van der Waals surface area contributed by atoms with Gasteiger partial charge in [-0.3, -0.25) is 0 Å². The van der Waals surface area contributed by atoms with E-state index in [1.165, 1.54) is 49.7 Å². The van der Waals surface area contributed by atoms with Gasteiger partial charge in [0.25, 0.3) is 0 Å². The van der Waals surface area contributed by atoms with Crippen LogP contribution >= 0.6 is 11.6 Å². The fraction of sp³-hybridized carbons (Fsp3) is 0.409. The Balaban J connectivity index is 1.80. The van der Waals surface area contributed by atoms with Gasteiger partial charge in [0.15, 0.2) is 0 Å². The molecule has 0 amide bonds. The van der Waals surface area contributed by atoms with E-state index in [0.29, 0.717) is 21.4 Å². The summed E-state index contributed by atoms with van der Waals surface area (Å²) in [6.07, 6.45) is 7.92. The first-order valence-corrected chi connectivity index (χ1v) is 9.23.